The molecule has 1 amide bonds. The summed E-state index contributed by atoms with van der Waals surface area (Å²) in [4.78, 5) is 11.6. The number of rotatable bonds is 5. The quantitative estimate of drug-likeness (QED) is 0.655. The van der Waals surface area contributed by atoms with Gasteiger partial charge in [0.15, 0.2) is 0 Å². The maximum absolute atomic E-state index is 11.6. The van der Waals surface area contributed by atoms with Gasteiger partial charge in [-0.05, 0) is 0 Å². The predicted molar refractivity (Wildman–Crippen MR) is 65.9 cm³/mol. The Morgan fingerprint density at radius 1 is 1.35 bits per heavy atom. The van der Waals surface area contributed by atoms with Crippen molar-refractivity contribution in [1.82, 2.24) is 0 Å². The number of aliphatic hydroxyl groups is 1. The van der Waals surface area contributed by atoms with Gasteiger partial charge < -0.3 is 0 Å². The second-order valence-corrected chi connectivity index (χ2v) is 4.78. The van der Waals surface area contributed by atoms with Crippen molar-refractivity contribution in [3.05, 3.63) is 18.2 Å². The van der Waals surface area contributed by atoms with E-state index in [1.54, 1.807) is 0 Å². The number of aliphatic hydroxyl groups excluding tert-OH is 1. The first-order valence-electron chi connectivity index (χ1n) is 5.43. The molecule has 0 aromatic heterocycles. The van der Waals surface area contributed by atoms with E-state index in [4.69, 9.17) is 5.11 Å². The third-order valence-corrected chi connectivity index (χ3v) is 3.51. The molecule has 90 valence electrons. The summed E-state index contributed by atoms with van der Waals surface area (Å²) in [5.74, 6) is -0.0403. The molecule has 1 heterocycles. The van der Waals surface area contributed by atoms with Crippen LogP contribution in [-0.2, 0) is 4.79 Å². The number of nitrogens with zero attached hydrogens (tertiary/aromatic N) is 2. The summed E-state index contributed by atoms with van der Waals surface area (Å²) in [6, 6.07) is 5.60. The second-order valence-electron chi connectivity index (χ2n) is 3.67. The molecule has 2 rings (SSSR count). The zero-order valence-electron chi connectivity index (χ0n) is 9.22. The Labute approximate surface area is 105 Å². The van der Waals surface area contributed by atoms with E-state index in [0.29, 0.717) is 19.3 Å². The Kier molecular flexibility index (Phi) is 4.25. The Morgan fingerprint density at radius 2 is 2.24 bits per heavy atom. The van der Waals surface area contributed by atoms with Gasteiger partial charge in [-0.2, -0.15) is 0 Å². The fourth-order valence-corrected chi connectivity index (χ4v) is 2.67. The summed E-state index contributed by atoms with van der Waals surface area (Å²) >= 11 is -0.0833. The molecule has 1 aliphatic rings. The molecule has 6 heteroatoms. The van der Waals surface area contributed by atoms with Crippen LogP contribution in [0.1, 0.15) is 19.3 Å². The van der Waals surface area contributed by atoms with Crippen LogP contribution in [0, 0.1) is 0 Å². The molecule has 0 atom stereocenters. The van der Waals surface area contributed by atoms with Gasteiger partial charge >= 0.3 is 105 Å². The predicted octanol–water partition coefficient (Wildman–Crippen LogP) is 2.14. The van der Waals surface area contributed by atoms with Crippen LogP contribution in [-0.4, -0.2) is 32.2 Å². The number of carbonyl (C=O) groups is 1. The molecule has 0 saturated heterocycles. The SMILES string of the molecule is O=C(CCCCO)Nc1cccc2c1N=[Se]=N2. The molecule has 0 fully saturated rings. The molecule has 0 spiro atoms. The van der Waals surface area contributed by atoms with Crippen LogP contribution in [0.2, 0.25) is 0 Å². The van der Waals surface area contributed by atoms with E-state index in [2.05, 4.69) is 13.2 Å². The van der Waals surface area contributed by atoms with Crippen molar-refractivity contribution >= 4 is 37.5 Å². The molecule has 17 heavy (non-hydrogen) atoms. The third kappa shape index (κ3) is 3.12. The molecule has 5 nitrogen and oxygen atoms in total. The number of hydrogen-bond donors (Lipinski definition) is 2. The average Bonchev–Trinajstić information content (AvgIpc) is 2.78. The first-order chi connectivity index (χ1) is 8.31. The molecule has 1 aliphatic heterocycles. The summed E-state index contributed by atoms with van der Waals surface area (Å²) in [7, 11) is 0. The van der Waals surface area contributed by atoms with E-state index >= 15 is 0 Å². The number of anilines is 1. The first-order valence-corrected chi connectivity index (χ1v) is 6.96. The first kappa shape index (κ1) is 12.2. The van der Waals surface area contributed by atoms with E-state index in [0.717, 1.165) is 17.1 Å². The molecule has 1 aromatic carbocycles. The molecule has 2 N–H and O–H groups in total. The topological polar surface area (TPSA) is 74.0 Å². The minimum atomic E-state index is -0.0833. The monoisotopic (exact) mass is 299 g/mol. The fourth-order valence-electron chi connectivity index (χ4n) is 1.52. The number of carbonyl (C=O) groups excluding carboxylic acids is 1. The van der Waals surface area contributed by atoms with Gasteiger partial charge in [-0.25, -0.2) is 0 Å². The van der Waals surface area contributed by atoms with Gasteiger partial charge in [0.25, 0.3) is 0 Å². The number of benzene rings is 1. The van der Waals surface area contributed by atoms with Crippen molar-refractivity contribution in [3.63, 3.8) is 0 Å². The Balaban J connectivity index is 1.98. The molecule has 0 radical (unpaired) electrons. The van der Waals surface area contributed by atoms with Crippen LogP contribution in [0.3, 0.4) is 0 Å². The van der Waals surface area contributed by atoms with E-state index in [1.165, 1.54) is 0 Å². The van der Waals surface area contributed by atoms with Gasteiger partial charge in [0, 0.05) is 0 Å². The van der Waals surface area contributed by atoms with E-state index in [1.807, 2.05) is 18.2 Å². The van der Waals surface area contributed by atoms with Crippen LogP contribution < -0.4 is 5.32 Å². The van der Waals surface area contributed by atoms with Crippen molar-refractivity contribution in [2.45, 2.75) is 19.3 Å². The molecule has 0 aliphatic carbocycles. The van der Waals surface area contributed by atoms with Crippen LogP contribution in [0.25, 0.3) is 0 Å². The van der Waals surface area contributed by atoms with Crippen LogP contribution in [0.15, 0.2) is 26.1 Å². The zero-order valence-corrected chi connectivity index (χ0v) is 10.9. The van der Waals surface area contributed by atoms with Crippen LogP contribution in [0.5, 0.6) is 0 Å². The van der Waals surface area contributed by atoms with Gasteiger partial charge in [-0.15, -0.1) is 0 Å². The van der Waals surface area contributed by atoms with Gasteiger partial charge in [0.05, 0.1) is 0 Å². The van der Waals surface area contributed by atoms with Gasteiger partial charge in [0.2, 0.25) is 0 Å². The zero-order chi connectivity index (χ0) is 12.1. The molecule has 0 unspecified atom stereocenters. The summed E-state index contributed by atoms with van der Waals surface area (Å²) in [5, 5.41) is 11.5. The number of amides is 1. The Hall–Kier alpha value is -1.23. The van der Waals surface area contributed by atoms with Gasteiger partial charge in [-0.3, -0.25) is 0 Å². The summed E-state index contributed by atoms with van der Waals surface area (Å²) in [6.07, 6.45) is 1.78. The number of hydrogen-bond acceptors (Lipinski definition) is 4. The Bertz CT molecular complexity index is 495. The van der Waals surface area contributed by atoms with Crippen molar-refractivity contribution in [2.75, 3.05) is 11.9 Å². The summed E-state index contributed by atoms with van der Waals surface area (Å²) < 4.78 is 8.54. The van der Waals surface area contributed by atoms with Crippen molar-refractivity contribution in [3.8, 4) is 0 Å². The molecular formula is C11H13N3O2Se. The van der Waals surface area contributed by atoms with Gasteiger partial charge in [0.1, 0.15) is 0 Å². The summed E-state index contributed by atoms with van der Waals surface area (Å²) in [6.45, 7) is 0.130. The Morgan fingerprint density at radius 3 is 3.06 bits per heavy atom. The van der Waals surface area contributed by atoms with Crippen LogP contribution >= 0.6 is 0 Å². The third-order valence-electron chi connectivity index (χ3n) is 2.37. The molecular weight excluding hydrogens is 285 g/mol. The van der Waals surface area contributed by atoms with E-state index in [9.17, 15) is 4.79 Å². The summed E-state index contributed by atoms with van der Waals surface area (Å²) in [5.41, 5.74) is 2.39. The fraction of sp³-hybridized carbons (Fsp3) is 0.364. The van der Waals surface area contributed by atoms with Gasteiger partial charge in [-0.1, -0.05) is 0 Å². The van der Waals surface area contributed by atoms with Crippen molar-refractivity contribution < 1.29 is 9.90 Å². The molecule has 1 aromatic rings. The van der Waals surface area contributed by atoms with Crippen molar-refractivity contribution in [1.29, 1.82) is 0 Å². The molecule has 0 saturated carbocycles. The number of nitrogens with one attached hydrogen (secondary N) is 1. The van der Waals surface area contributed by atoms with Crippen molar-refractivity contribution in [2.24, 2.45) is 7.92 Å². The minimum absolute atomic E-state index is 0.0403. The standard InChI is InChI=1S/C11H13N3O2Se/c15-7-2-1-6-10(16)12-8-4-3-5-9-11(8)14-17-13-9/h3-5,15H,1-2,6-7H2,(H,12,16). The number of unbranched alkanes of at least 4 members (excludes halogenated alkanes) is 1. The maximum atomic E-state index is 11.6. The molecule has 0 bridgehead atoms. The second kappa shape index (κ2) is 5.91. The van der Waals surface area contributed by atoms with E-state index < -0.39 is 0 Å². The van der Waals surface area contributed by atoms with E-state index in [-0.39, 0.29) is 27.1 Å². The number of fused-ring (bicyclic) bond motifs is 1. The normalized spacial score (nSPS) is 12.1. The van der Waals surface area contributed by atoms with Crippen LogP contribution in [0.4, 0.5) is 17.1 Å². The average molecular weight is 298 g/mol.